The Morgan fingerprint density at radius 1 is 1.32 bits per heavy atom. The van der Waals surface area contributed by atoms with Gasteiger partial charge in [-0.05, 0) is 38.9 Å². The van der Waals surface area contributed by atoms with Crippen LogP contribution in [0.15, 0.2) is 19.9 Å². The minimum atomic E-state index is -0.308. The quantitative estimate of drug-likeness (QED) is 0.735. The summed E-state index contributed by atoms with van der Waals surface area (Å²) in [6, 6.07) is 0. The summed E-state index contributed by atoms with van der Waals surface area (Å²) in [5.41, 5.74) is -0.308. The second kappa shape index (κ2) is 6.15. The van der Waals surface area contributed by atoms with Crippen LogP contribution in [0.25, 0.3) is 0 Å². The molecule has 0 aliphatic carbocycles. The molecule has 0 N–H and O–H groups in total. The largest absolute Gasteiger partial charge is 0.339 e. The first-order valence-electron chi connectivity index (χ1n) is 5.86. The van der Waals surface area contributed by atoms with Crippen LogP contribution in [0.2, 0.25) is 0 Å². The van der Waals surface area contributed by atoms with Crippen molar-refractivity contribution < 1.29 is 4.79 Å². The summed E-state index contributed by atoms with van der Waals surface area (Å²) in [6.07, 6.45) is 1.50. The topological polar surface area (TPSA) is 58.4 Å². The monoisotopic (exact) mass is 392 g/mol. The molecule has 0 aromatic carbocycles. The highest BCUT2D eigenvalue weighted by molar-refractivity contribution is 9.13. The number of likely N-dealkylation sites (N-methyl/N-ethyl adjacent to an activating group) is 1. The average molecular weight is 394 g/mol. The molecule has 2 rings (SSSR count). The first kappa shape index (κ1) is 14.7. The molecule has 0 saturated carbocycles. The van der Waals surface area contributed by atoms with Crippen LogP contribution < -0.4 is 5.56 Å². The van der Waals surface area contributed by atoms with E-state index in [0.717, 1.165) is 13.1 Å². The molecule has 104 valence electrons. The van der Waals surface area contributed by atoms with Gasteiger partial charge in [0.1, 0.15) is 11.0 Å². The molecule has 1 amide bonds. The number of halogens is 2. The van der Waals surface area contributed by atoms with Crippen LogP contribution in [0, 0.1) is 0 Å². The van der Waals surface area contributed by atoms with Gasteiger partial charge < -0.3 is 9.80 Å². The van der Waals surface area contributed by atoms with Crippen molar-refractivity contribution >= 4 is 37.8 Å². The number of carbonyl (C=O) groups is 1. The lowest BCUT2D eigenvalue weighted by Gasteiger charge is -2.32. The van der Waals surface area contributed by atoms with E-state index in [0.29, 0.717) is 22.0 Å². The van der Waals surface area contributed by atoms with Crippen molar-refractivity contribution in [1.82, 2.24) is 19.6 Å². The Morgan fingerprint density at radius 3 is 2.58 bits per heavy atom. The molecule has 6 nitrogen and oxygen atoms in total. The zero-order valence-corrected chi connectivity index (χ0v) is 13.6. The maximum absolute atomic E-state index is 12.1. The molecular formula is C11H14Br2N4O2. The van der Waals surface area contributed by atoms with E-state index in [-0.39, 0.29) is 18.0 Å². The number of hydrogen-bond acceptors (Lipinski definition) is 4. The van der Waals surface area contributed by atoms with E-state index in [9.17, 15) is 9.59 Å². The minimum Gasteiger partial charge on any atom is -0.339 e. The van der Waals surface area contributed by atoms with Gasteiger partial charge in [-0.1, -0.05) is 0 Å². The fraction of sp³-hybridized carbons (Fsp3) is 0.545. The zero-order chi connectivity index (χ0) is 14.0. The molecule has 8 heteroatoms. The van der Waals surface area contributed by atoms with Crippen molar-refractivity contribution in [2.75, 3.05) is 33.2 Å². The Morgan fingerprint density at radius 2 is 1.95 bits per heavy atom. The summed E-state index contributed by atoms with van der Waals surface area (Å²) in [6.45, 7) is 3.09. The average Bonchev–Trinajstić information content (AvgIpc) is 2.40. The number of hydrogen-bond donors (Lipinski definition) is 0. The molecular weight excluding hydrogens is 380 g/mol. The molecule has 1 saturated heterocycles. The molecule has 1 aromatic heterocycles. The second-order valence-corrected chi connectivity index (χ2v) is 6.10. The number of amides is 1. The highest BCUT2D eigenvalue weighted by Gasteiger charge is 2.20. The number of rotatable bonds is 2. The molecule has 0 unspecified atom stereocenters. The molecule has 19 heavy (non-hydrogen) atoms. The standard InChI is InChI=1S/C11H14Br2N4O2/c1-15-2-4-16(5-3-15)9(18)7-17-11(19)10(13)8(12)6-14-17/h6H,2-5,7H2,1H3. The van der Waals surface area contributed by atoms with Crippen LogP contribution in [0.1, 0.15) is 0 Å². The van der Waals surface area contributed by atoms with E-state index in [2.05, 4.69) is 41.9 Å². The molecule has 0 atom stereocenters. The van der Waals surface area contributed by atoms with Crippen molar-refractivity contribution in [2.45, 2.75) is 6.54 Å². The van der Waals surface area contributed by atoms with E-state index in [1.165, 1.54) is 10.9 Å². The van der Waals surface area contributed by atoms with Gasteiger partial charge in [-0.3, -0.25) is 9.59 Å². The summed E-state index contributed by atoms with van der Waals surface area (Å²) in [4.78, 5) is 27.9. The van der Waals surface area contributed by atoms with Gasteiger partial charge in [-0.25, -0.2) is 4.68 Å². The lowest BCUT2D eigenvalue weighted by atomic mass is 10.3. The van der Waals surface area contributed by atoms with E-state index in [1.807, 2.05) is 7.05 Å². The first-order chi connectivity index (χ1) is 8.99. The lowest BCUT2D eigenvalue weighted by Crippen LogP contribution is -2.48. The van der Waals surface area contributed by atoms with Crippen LogP contribution in [-0.4, -0.2) is 58.7 Å². The van der Waals surface area contributed by atoms with Gasteiger partial charge >= 0.3 is 0 Å². The predicted molar refractivity (Wildman–Crippen MR) is 78.0 cm³/mol. The van der Waals surface area contributed by atoms with E-state index in [1.54, 1.807) is 4.90 Å². The van der Waals surface area contributed by atoms with Gasteiger partial charge in [-0.2, -0.15) is 5.10 Å². The number of carbonyl (C=O) groups excluding carboxylic acids is 1. The van der Waals surface area contributed by atoms with Gasteiger partial charge in [0, 0.05) is 26.2 Å². The van der Waals surface area contributed by atoms with Gasteiger partial charge in [0.25, 0.3) is 5.56 Å². The third-order valence-electron chi connectivity index (χ3n) is 3.08. The van der Waals surface area contributed by atoms with Gasteiger partial charge in [-0.15, -0.1) is 0 Å². The molecule has 0 bridgehead atoms. The normalized spacial score (nSPS) is 16.7. The third-order valence-corrected chi connectivity index (χ3v) is 4.98. The molecule has 0 radical (unpaired) electrons. The van der Waals surface area contributed by atoms with Crippen molar-refractivity contribution in [3.63, 3.8) is 0 Å². The Balaban J connectivity index is 2.07. The van der Waals surface area contributed by atoms with Crippen molar-refractivity contribution in [3.8, 4) is 0 Å². The fourth-order valence-corrected chi connectivity index (χ4v) is 2.41. The molecule has 1 aliphatic heterocycles. The first-order valence-corrected chi connectivity index (χ1v) is 7.45. The Kier molecular flexibility index (Phi) is 4.75. The highest BCUT2D eigenvalue weighted by Crippen LogP contribution is 2.16. The summed E-state index contributed by atoms with van der Waals surface area (Å²) in [7, 11) is 2.03. The van der Waals surface area contributed by atoms with E-state index >= 15 is 0 Å². The maximum Gasteiger partial charge on any atom is 0.282 e. The number of piperazine rings is 1. The fourth-order valence-electron chi connectivity index (χ4n) is 1.84. The second-order valence-electron chi connectivity index (χ2n) is 4.45. The van der Waals surface area contributed by atoms with E-state index < -0.39 is 0 Å². The number of aromatic nitrogens is 2. The summed E-state index contributed by atoms with van der Waals surface area (Å²) in [5, 5.41) is 3.96. The molecule has 2 heterocycles. The number of nitrogens with zero attached hydrogens (tertiary/aromatic N) is 4. The molecule has 1 aromatic rings. The van der Waals surface area contributed by atoms with Crippen LogP contribution in [0.4, 0.5) is 0 Å². The van der Waals surface area contributed by atoms with Gasteiger partial charge in [0.15, 0.2) is 0 Å². The smallest absolute Gasteiger partial charge is 0.282 e. The molecule has 1 fully saturated rings. The third kappa shape index (κ3) is 3.43. The van der Waals surface area contributed by atoms with Crippen molar-refractivity contribution in [1.29, 1.82) is 0 Å². The minimum absolute atomic E-state index is 0.0194. The summed E-state index contributed by atoms with van der Waals surface area (Å²) in [5.74, 6) is -0.0723. The van der Waals surface area contributed by atoms with Crippen LogP contribution in [0.5, 0.6) is 0 Å². The van der Waals surface area contributed by atoms with Crippen LogP contribution in [0.3, 0.4) is 0 Å². The van der Waals surface area contributed by atoms with Gasteiger partial charge in [0.2, 0.25) is 5.91 Å². The maximum atomic E-state index is 12.1. The SMILES string of the molecule is CN1CCN(C(=O)Cn2ncc(Br)c(Br)c2=O)CC1. The summed E-state index contributed by atoms with van der Waals surface area (Å²) < 4.78 is 2.14. The predicted octanol–water partition coefficient (Wildman–Crippen LogP) is 0.542. The molecule has 0 spiro atoms. The van der Waals surface area contributed by atoms with Crippen LogP contribution >= 0.6 is 31.9 Å². The lowest BCUT2D eigenvalue weighted by molar-refractivity contribution is -0.133. The summed E-state index contributed by atoms with van der Waals surface area (Å²) >= 11 is 6.38. The van der Waals surface area contributed by atoms with Crippen molar-refractivity contribution in [2.24, 2.45) is 0 Å². The van der Waals surface area contributed by atoms with Crippen molar-refractivity contribution in [3.05, 3.63) is 25.5 Å². The zero-order valence-electron chi connectivity index (χ0n) is 10.5. The molecule has 1 aliphatic rings. The Hall–Kier alpha value is -0.730. The van der Waals surface area contributed by atoms with Gasteiger partial charge in [0.05, 0.1) is 10.7 Å². The van der Waals surface area contributed by atoms with E-state index in [4.69, 9.17) is 0 Å². The Labute approximate surface area is 127 Å². The Bertz CT molecular complexity index is 538. The van der Waals surface area contributed by atoms with Crippen LogP contribution in [-0.2, 0) is 11.3 Å². The highest BCUT2D eigenvalue weighted by atomic mass is 79.9.